The van der Waals surface area contributed by atoms with E-state index in [1.807, 2.05) is 24.3 Å². The van der Waals surface area contributed by atoms with Crippen molar-refractivity contribution in [2.45, 2.75) is 26.2 Å². The fourth-order valence-electron chi connectivity index (χ4n) is 2.62. The molecule has 1 aliphatic rings. The lowest BCUT2D eigenvalue weighted by Crippen LogP contribution is -2.33. The number of amides is 2. The molecule has 1 aromatic carbocycles. The average Bonchev–Trinajstić information content (AvgIpc) is 2.93. The molecule has 1 N–H and O–H groups in total. The lowest BCUT2D eigenvalue weighted by molar-refractivity contribution is -0.126. The minimum absolute atomic E-state index is 0.0151. The molecule has 1 aliphatic heterocycles. The number of hydrogen-bond acceptors (Lipinski definition) is 3. The molecule has 5 nitrogen and oxygen atoms in total. The summed E-state index contributed by atoms with van der Waals surface area (Å²) in [7, 11) is 1.64. The van der Waals surface area contributed by atoms with E-state index < -0.39 is 0 Å². The topological polar surface area (TPSA) is 58.6 Å². The third-order valence-corrected chi connectivity index (χ3v) is 3.98. The number of nitrogens with zero attached hydrogens (tertiary/aromatic N) is 1. The van der Waals surface area contributed by atoms with E-state index in [9.17, 15) is 9.59 Å². The second-order valence-corrected chi connectivity index (χ2v) is 5.56. The molecule has 1 unspecified atom stereocenters. The molecule has 0 aromatic heterocycles. The third-order valence-electron chi connectivity index (χ3n) is 3.98. The van der Waals surface area contributed by atoms with Crippen LogP contribution in [0.1, 0.15) is 25.3 Å². The van der Waals surface area contributed by atoms with E-state index in [2.05, 4.69) is 12.2 Å². The molecule has 5 heteroatoms. The van der Waals surface area contributed by atoms with Gasteiger partial charge in [-0.1, -0.05) is 19.1 Å². The minimum atomic E-state index is -0.263. The molecular weight excluding hydrogens is 280 g/mol. The van der Waals surface area contributed by atoms with Gasteiger partial charge < -0.3 is 15.0 Å². The van der Waals surface area contributed by atoms with E-state index in [0.29, 0.717) is 19.7 Å². The first-order chi connectivity index (χ1) is 10.7. The van der Waals surface area contributed by atoms with E-state index in [-0.39, 0.29) is 24.2 Å². The highest BCUT2D eigenvalue weighted by Gasteiger charge is 2.34. The largest absolute Gasteiger partial charge is 0.385 e. The Morgan fingerprint density at radius 3 is 2.73 bits per heavy atom. The van der Waals surface area contributed by atoms with Gasteiger partial charge in [0.25, 0.3) is 0 Å². The molecule has 0 saturated carbocycles. The van der Waals surface area contributed by atoms with Gasteiger partial charge in [0.05, 0.1) is 5.92 Å². The zero-order valence-corrected chi connectivity index (χ0v) is 13.3. The first-order valence-electron chi connectivity index (χ1n) is 7.81. The molecule has 1 heterocycles. The molecule has 0 aliphatic carbocycles. The van der Waals surface area contributed by atoms with Crippen molar-refractivity contribution in [3.05, 3.63) is 29.8 Å². The predicted molar refractivity (Wildman–Crippen MR) is 85.8 cm³/mol. The van der Waals surface area contributed by atoms with Gasteiger partial charge in [0.1, 0.15) is 0 Å². The Kier molecular flexibility index (Phi) is 5.95. The summed E-state index contributed by atoms with van der Waals surface area (Å²) < 4.78 is 4.95. The van der Waals surface area contributed by atoms with Crippen LogP contribution in [-0.4, -0.2) is 38.6 Å². The smallest absolute Gasteiger partial charge is 0.227 e. The number of nitrogens with one attached hydrogen (secondary N) is 1. The number of benzene rings is 1. The molecule has 1 fully saturated rings. The SMILES string of the molecule is CCc1ccc(N2CC(C(=O)NCCCOC)CC2=O)cc1. The summed E-state index contributed by atoms with van der Waals surface area (Å²) in [6, 6.07) is 7.97. The van der Waals surface area contributed by atoms with E-state index in [0.717, 1.165) is 18.5 Å². The first kappa shape index (κ1) is 16.5. The summed E-state index contributed by atoms with van der Waals surface area (Å²) in [5.41, 5.74) is 2.11. The van der Waals surface area contributed by atoms with Crippen LogP contribution in [-0.2, 0) is 20.7 Å². The zero-order chi connectivity index (χ0) is 15.9. The molecule has 2 amide bonds. The van der Waals surface area contributed by atoms with Crippen molar-refractivity contribution in [1.82, 2.24) is 5.32 Å². The van der Waals surface area contributed by atoms with E-state index in [1.54, 1.807) is 12.0 Å². The fraction of sp³-hybridized carbons (Fsp3) is 0.529. The average molecular weight is 304 g/mol. The molecule has 22 heavy (non-hydrogen) atoms. The number of rotatable bonds is 7. The maximum atomic E-state index is 12.1. The van der Waals surface area contributed by atoms with Crippen LogP contribution in [0.3, 0.4) is 0 Å². The maximum Gasteiger partial charge on any atom is 0.227 e. The molecule has 0 radical (unpaired) electrons. The highest BCUT2D eigenvalue weighted by Crippen LogP contribution is 2.25. The van der Waals surface area contributed by atoms with E-state index in [1.165, 1.54) is 5.56 Å². The third kappa shape index (κ3) is 4.07. The second-order valence-electron chi connectivity index (χ2n) is 5.56. The monoisotopic (exact) mass is 304 g/mol. The van der Waals surface area contributed by atoms with Gasteiger partial charge in [-0.05, 0) is 30.5 Å². The Labute approximate surface area is 131 Å². The molecule has 1 saturated heterocycles. The summed E-state index contributed by atoms with van der Waals surface area (Å²) in [6.07, 6.45) is 2.04. The number of ether oxygens (including phenoxy) is 1. The van der Waals surface area contributed by atoms with Crippen LogP contribution in [0.25, 0.3) is 0 Å². The summed E-state index contributed by atoms with van der Waals surface area (Å²) in [6.45, 7) is 3.77. The highest BCUT2D eigenvalue weighted by molar-refractivity contribution is 6.00. The standard InChI is InChI=1S/C17H24N2O3/c1-3-13-5-7-15(8-6-13)19-12-14(11-16(19)20)17(21)18-9-4-10-22-2/h5-8,14H,3-4,9-12H2,1-2H3,(H,18,21). The van der Waals surface area contributed by atoms with Crippen LogP contribution in [0, 0.1) is 5.92 Å². The number of hydrogen-bond donors (Lipinski definition) is 1. The second kappa shape index (κ2) is 7.94. The van der Waals surface area contributed by atoms with Crippen molar-refractivity contribution < 1.29 is 14.3 Å². The Morgan fingerprint density at radius 1 is 1.36 bits per heavy atom. The van der Waals surface area contributed by atoms with Gasteiger partial charge in [-0.3, -0.25) is 9.59 Å². The van der Waals surface area contributed by atoms with Crippen molar-refractivity contribution in [2.24, 2.45) is 5.92 Å². The maximum absolute atomic E-state index is 12.1. The van der Waals surface area contributed by atoms with E-state index in [4.69, 9.17) is 4.74 Å². The van der Waals surface area contributed by atoms with Gasteiger partial charge in [0.2, 0.25) is 11.8 Å². The van der Waals surface area contributed by atoms with Crippen LogP contribution in [0.2, 0.25) is 0 Å². The van der Waals surface area contributed by atoms with Crippen LogP contribution in [0.4, 0.5) is 5.69 Å². The Bertz CT molecular complexity index is 513. The normalized spacial score (nSPS) is 17.8. The lowest BCUT2D eigenvalue weighted by atomic mass is 10.1. The van der Waals surface area contributed by atoms with Crippen molar-refractivity contribution in [2.75, 3.05) is 31.7 Å². The quantitative estimate of drug-likeness (QED) is 0.781. The predicted octanol–water partition coefficient (Wildman–Crippen LogP) is 1.75. The Balaban J connectivity index is 1.90. The van der Waals surface area contributed by atoms with Crippen molar-refractivity contribution in [3.63, 3.8) is 0 Å². The lowest BCUT2D eigenvalue weighted by Gasteiger charge is -2.17. The van der Waals surface area contributed by atoms with Gasteiger partial charge in [-0.25, -0.2) is 0 Å². The van der Waals surface area contributed by atoms with Gasteiger partial charge in [-0.2, -0.15) is 0 Å². The zero-order valence-electron chi connectivity index (χ0n) is 13.3. The first-order valence-corrected chi connectivity index (χ1v) is 7.81. The Morgan fingerprint density at radius 2 is 2.09 bits per heavy atom. The number of anilines is 1. The number of carbonyl (C=O) groups is 2. The summed E-state index contributed by atoms with van der Waals surface area (Å²) in [4.78, 5) is 26.0. The Hall–Kier alpha value is -1.88. The number of methoxy groups -OCH3 is 1. The molecule has 2 rings (SSSR count). The molecule has 120 valence electrons. The van der Waals surface area contributed by atoms with Crippen LogP contribution < -0.4 is 10.2 Å². The summed E-state index contributed by atoms with van der Waals surface area (Å²) in [5, 5.41) is 2.87. The van der Waals surface area contributed by atoms with Gasteiger partial charge in [0.15, 0.2) is 0 Å². The number of aryl methyl sites for hydroxylation is 1. The molecule has 0 bridgehead atoms. The van der Waals surface area contributed by atoms with Crippen molar-refractivity contribution >= 4 is 17.5 Å². The minimum Gasteiger partial charge on any atom is -0.385 e. The van der Waals surface area contributed by atoms with Gasteiger partial charge in [-0.15, -0.1) is 0 Å². The summed E-state index contributed by atoms with van der Waals surface area (Å²) in [5.74, 6) is -0.292. The highest BCUT2D eigenvalue weighted by atomic mass is 16.5. The van der Waals surface area contributed by atoms with Crippen LogP contribution in [0.15, 0.2) is 24.3 Å². The molecule has 1 atom stereocenters. The molecular formula is C17H24N2O3. The van der Waals surface area contributed by atoms with Crippen molar-refractivity contribution in [3.8, 4) is 0 Å². The fourth-order valence-corrected chi connectivity index (χ4v) is 2.62. The van der Waals surface area contributed by atoms with E-state index >= 15 is 0 Å². The van der Waals surface area contributed by atoms with Crippen LogP contribution >= 0.6 is 0 Å². The molecule has 1 aromatic rings. The van der Waals surface area contributed by atoms with Gasteiger partial charge in [0, 0.05) is 38.9 Å². The van der Waals surface area contributed by atoms with Crippen molar-refractivity contribution in [1.29, 1.82) is 0 Å². The molecule has 0 spiro atoms. The van der Waals surface area contributed by atoms with Gasteiger partial charge >= 0.3 is 0 Å². The van der Waals surface area contributed by atoms with Crippen LogP contribution in [0.5, 0.6) is 0 Å². The number of carbonyl (C=O) groups excluding carboxylic acids is 2. The summed E-state index contributed by atoms with van der Waals surface area (Å²) >= 11 is 0.